The molecule has 0 saturated carbocycles. The van der Waals surface area contributed by atoms with E-state index in [0.29, 0.717) is 10.7 Å². The second kappa shape index (κ2) is 3.95. The van der Waals surface area contributed by atoms with E-state index in [1.54, 1.807) is 0 Å². The first-order chi connectivity index (χ1) is 6.11. The molecule has 0 N–H and O–H groups in total. The fraction of sp³-hybridized carbons (Fsp3) is 0.333. The van der Waals surface area contributed by atoms with Gasteiger partial charge in [-0.15, -0.1) is 0 Å². The van der Waals surface area contributed by atoms with Crippen LogP contribution >= 0.6 is 23.2 Å². The predicted octanol–water partition coefficient (Wildman–Crippen LogP) is 3.13. The molecule has 1 aromatic heterocycles. The predicted molar refractivity (Wildman–Crippen MR) is 53.1 cm³/mol. The molecular formula is C9H8Cl2N2. The van der Waals surface area contributed by atoms with E-state index in [1.807, 2.05) is 19.9 Å². The molecule has 0 saturated heterocycles. The van der Waals surface area contributed by atoms with Crippen LogP contribution in [-0.2, 0) is 6.42 Å². The summed E-state index contributed by atoms with van der Waals surface area (Å²) in [7, 11) is 0. The van der Waals surface area contributed by atoms with Gasteiger partial charge >= 0.3 is 0 Å². The van der Waals surface area contributed by atoms with Gasteiger partial charge in [0, 0.05) is 0 Å². The van der Waals surface area contributed by atoms with Gasteiger partial charge in [0.05, 0.1) is 5.56 Å². The Morgan fingerprint density at radius 2 is 2.00 bits per heavy atom. The third-order valence-electron chi connectivity index (χ3n) is 1.94. The first-order valence-corrected chi connectivity index (χ1v) is 4.62. The normalized spacial score (nSPS) is 9.77. The molecule has 0 atom stereocenters. The lowest BCUT2D eigenvalue weighted by atomic mass is 10.1. The molecule has 0 unspecified atom stereocenters. The lowest BCUT2D eigenvalue weighted by Gasteiger charge is -2.07. The van der Waals surface area contributed by atoms with Crippen LogP contribution in [0.25, 0.3) is 0 Å². The van der Waals surface area contributed by atoms with E-state index in [-0.39, 0.29) is 5.15 Å². The van der Waals surface area contributed by atoms with Crippen molar-refractivity contribution >= 4 is 23.2 Å². The van der Waals surface area contributed by atoms with Gasteiger partial charge in [0.2, 0.25) is 0 Å². The maximum absolute atomic E-state index is 8.79. The quantitative estimate of drug-likeness (QED) is 0.674. The van der Waals surface area contributed by atoms with Crippen LogP contribution in [0.1, 0.15) is 23.6 Å². The molecule has 4 heteroatoms. The Balaban J connectivity index is 3.51. The minimum Gasteiger partial charge on any atom is -0.223 e. The molecule has 0 radical (unpaired) electrons. The fourth-order valence-electron chi connectivity index (χ4n) is 1.21. The molecule has 0 spiro atoms. The van der Waals surface area contributed by atoms with Gasteiger partial charge in [-0.25, -0.2) is 4.98 Å². The average molecular weight is 215 g/mol. The summed E-state index contributed by atoms with van der Waals surface area (Å²) >= 11 is 11.6. The number of hydrogen-bond acceptors (Lipinski definition) is 2. The summed E-state index contributed by atoms with van der Waals surface area (Å²) in [6, 6.07) is 2.01. The maximum Gasteiger partial charge on any atom is 0.148 e. The zero-order valence-electron chi connectivity index (χ0n) is 7.36. The van der Waals surface area contributed by atoms with E-state index in [4.69, 9.17) is 28.5 Å². The van der Waals surface area contributed by atoms with Crippen molar-refractivity contribution in [3.05, 3.63) is 27.0 Å². The highest BCUT2D eigenvalue weighted by Gasteiger charge is 2.12. The van der Waals surface area contributed by atoms with Crippen molar-refractivity contribution in [1.29, 1.82) is 5.26 Å². The lowest BCUT2D eigenvalue weighted by Crippen LogP contribution is -1.97. The summed E-state index contributed by atoms with van der Waals surface area (Å²) in [5.74, 6) is 0. The van der Waals surface area contributed by atoms with E-state index in [1.165, 1.54) is 0 Å². The first kappa shape index (κ1) is 10.3. The Kier molecular flexibility index (Phi) is 3.13. The molecule has 0 aliphatic heterocycles. The van der Waals surface area contributed by atoms with Crippen molar-refractivity contribution < 1.29 is 0 Å². The Morgan fingerprint density at radius 1 is 1.38 bits per heavy atom. The number of aromatic nitrogens is 1. The number of rotatable bonds is 1. The second-order valence-corrected chi connectivity index (χ2v) is 3.35. The van der Waals surface area contributed by atoms with Gasteiger partial charge in [-0.2, -0.15) is 5.26 Å². The third kappa shape index (κ3) is 1.77. The van der Waals surface area contributed by atoms with Crippen LogP contribution in [0.4, 0.5) is 0 Å². The average Bonchev–Trinajstić information content (AvgIpc) is 2.04. The van der Waals surface area contributed by atoms with E-state index in [9.17, 15) is 0 Å². The summed E-state index contributed by atoms with van der Waals surface area (Å²) in [4.78, 5) is 3.88. The van der Waals surface area contributed by atoms with Crippen LogP contribution in [-0.4, -0.2) is 4.98 Å². The Bertz CT molecular complexity index is 380. The molecule has 0 aliphatic rings. The Hall–Kier alpha value is -0.780. The molecule has 0 fully saturated rings. The summed E-state index contributed by atoms with van der Waals surface area (Å²) in [5.41, 5.74) is 2.14. The minimum atomic E-state index is 0.183. The number of hydrogen-bond donors (Lipinski definition) is 0. The Morgan fingerprint density at radius 3 is 2.46 bits per heavy atom. The Labute approximate surface area is 87.1 Å². The topological polar surface area (TPSA) is 36.7 Å². The number of nitrogens with zero attached hydrogens (tertiary/aromatic N) is 2. The molecule has 0 amide bonds. The SMILES string of the molecule is CCc1c(Cl)nc(Cl)c(C#N)c1C. The van der Waals surface area contributed by atoms with Gasteiger partial charge in [-0.3, -0.25) is 0 Å². The second-order valence-electron chi connectivity index (χ2n) is 2.64. The maximum atomic E-state index is 8.79. The largest absolute Gasteiger partial charge is 0.223 e. The third-order valence-corrected chi connectivity index (χ3v) is 2.53. The van der Waals surface area contributed by atoms with Gasteiger partial charge in [0.15, 0.2) is 0 Å². The standard InChI is InChI=1S/C9H8Cl2N2/c1-3-6-5(2)7(4-12)9(11)13-8(6)10/h3H2,1-2H3. The zero-order valence-corrected chi connectivity index (χ0v) is 8.87. The monoisotopic (exact) mass is 214 g/mol. The van der Waals surface area contributed by atoms with Crippen molar-refractivity contribution in [3.8, 4) is 6.07 Å². The molecule has 2 nitrogen and oxygen atoms in total. The summed E-state index contributed by atoms with van der Waals surface area (Å²) in [6.07, 6.45) is 0.753. The summed E-state index contributed by atoms with van der Waals surface area (Å²) < 4.78 is 0. The molecule has 0 aromatic carbocycles. The van der Waals surface area contributed by atoms with E-state index in [2.05, 4.69) is 4.98 Å². The molecule has 13 heavy (non-hydrogen) atoms. The summed E-state index contributed by atoms with van der Waals surface area (Å²) in [5, 5.41) is 9.37. The smallest absolute Gasteiger partial charge is 0.148 e. The van der Waals surface area contributed by atoms with Gasteiger partial charge in [-0.05, 0) is 24.5 Å². The highest BCUT2D eigenvalue weighted by molar-refractivity contribution is 6.33. The molecule has 68 valence electrons. The molecule has 1 rings (SSSR count). The fourth-order valence-corrected chi connectivity index (χ4v) is 1.88. The minimum absolute atomic E-state index is 0.183. The van der Waals surface area contributed by atoms with Crippen molar-refractivity contribution in [1.82, 2.24) is 4.98 Å². The van der Waals surface area contributed by atoms with Crippen molar-refractivity contribution in [2.24, 2.45) is 0 Å². The summed E-state index contributed by atoms with van der Waals surface area (Å²) in [6.45, 7) is 3.79. The van der Waals surface area contributed by atoms with E-state index in [0.717, 1.165) is 17.5 Å². The van der Waals surface area contributed by atoms with Crippen LogP contribution in [0.2, 0.25) is 10.3 Å². The first-order valence-electron chi connectivity index (χ1n) is 3.86. The molecule has 1 heterocycles. The van der Waals surface area contributed by atoms with Crippen LogP contribution in [0.15, 0.2) is 0 Å². The van der Waals surface area contributed by atoms with Crippen molar-refractivity contribution in [2.75, 3.05) is 0 Å². The van der Waals surface area contributed by atoms with Gasteiger partial charge in [-0.1, -0.05) is 30.1 Å². The zero-order chi connectivity index (χ0) is 10.0. The van der Waals surface area contributed by atoms with E-state index >= 15 is 0 Å². The van der Waals surface area contributed by atoms with Crippen LogP contribution < -0.4 is 0 Å². The highest BCUT2D eigenvalue weighted by atomic mass is 35.5. The van der Waals surface area contributed by atoms with Crippen LogP contribution in [0, 0.1) is 18.3 Å². The highest BCUT2D eigenvalue weighted by Crippen LogP contribution is 2.26. The molecule has 0 aliphatic carbocycles. The van der Waals surface area contributed by atoms with Gasteiger partial charge < -0.3 is 0 Å². The molecule has 0 bridgehead atoms. The van der Waals surface area contributed by atoms with E-state index < -0.39 is 0 Å². The van der Waals surface area contributed by atoms with Crippen molar-refractivity contribution in [3.63, 3.8) is 0 Å². The van der Waals surface area contributed by atoms with Gasteiger partial charge in [0.1, 0.15) is 16.4 Å². The van der Waals surface area contributed by atoms with Crippen LogP contribution in [0.3, 0.4) is 0 Å². The molecular weight excluding hydrogens is 207 g/mol. The lowest BCUT2D eigenvalue weighted by molar-refractivity contribution is 1.07. The van der Waals surface area contributed by atoms with Crippen LogP contribution in [0.5, 0.6) is 0 Å². The van der Waals surface area contributed by atoms with Crippen molar-refractivity contribution in [2.45, 2.75) is 20.3 Å². The van der Waals surface area contributed by atoms with Gasteiger partial charge in [0.25, 0.3) is 0 Å². The molecule has 1 aromatic rings. The number of pyridine rings is 1. The number of halogens is 2. The number of nitriles is 1.